The lowest BCUT2D eigenvalue weighted by molar-refractivity contribution is -0.163. The van der Waals surface area contributed by atoms with E-state index in [-0.39, 0.29) is 6.42 Å². The van der Waals surface area contributed by atoms with Crippen LogP contribution in [0.15, 0.2) is 18.2 Å². The number of benzene rings is 1. The van der Waals surface area contributed by atoms with Crippen LogP contribution in [-0.4, -0.2) is 31.7 Å². The number of halogens is 2. The molecule has 1 atom stereocenters. The molecular formula is C11H14ClFO3. The molecule has 0 aliphatic carbocycles. The first-order chi connectivity index (χ1) is 7.58. The SMILES string of the molecule is COC(OC)C(O)Cc1cc(F)ccc1Cl. The van der Waals surface area contributed by atoms with E-state index in [1.807, 2.05) is 0 Å². The highest BCUT2D eigenvalue weighted by Crippen LogP contribution is 2.20. The van der Waals surface area contributed by atoms with E-state index in [1.54, 1.807) is 0 Å². The molecule has 0 amide bonds. The molecule has 1 rings (SSSR count). The van der Waals surface area contributed by atoms with Gasteiger partial charge >= 0.3 is 0 Å². The minimum absolute atomic E-state index is 0.170. The Morgan fingerprint density at radius 2 is 2.00 bits per heavy atom. The van der Waals surface area contributed by atoms with E-state index in [0.717, 1.165) is 0 Å². The van der Waals surface area contributed by atoms with Gasteiger partial charge in [-0.1, -0.05) is 11.6 Å². The molecule has 0 saturated carbocycles. The van der Waals surface area contributed by atoms with Gasteiger partial charge in [0, 0.05) is 25.7 Å². The Labute approximate surface area is 98.7 Å². The Kier molecular flexibility index (Phi) is 5.15. The smallest absolute Gasteiger partial charge is 0.183 e. The average molecular weight is 249 g/mol. The summed E-state index contributed by atoms with van der Waals surface area (Å²) < 4.78 is 22.7. The number of aliphatic hydroxyl groups is 1. The van der Waals surface area contributed by atoms with Crippen LogP contribution in [0.5, 0.6) is 0 Å². The maximum absolute atomic E-state index is 13.0. The number of hydrogen-bond donors (Lipinski definition) is 1. The summed E-state index contributed by atoms with van der Waals surface area (Å²) in [6.45, 7) is 0. The Morgan fingerprint density at radius 3 is 2.56 bits per heavy atom. The summed E-state index contributed by atoms with van der Waals surface area (Å²) >= 11 is 5.87. The zero-order valence-corrected chi connectivity index (χ0v) is 9.87. The highest BCUT2D eigenvalue weighted by Gasteiger charge is 2.19. The van der Waals surface area contributed by atoms with Gasteiger partial charge in [0.1, 0.15) is 11.9 Å². The van der Waals surface area contributed by atoms with Crippen LogP contribution in [-0.2, 0) is 15.9 Å². The van der Waals surface area contributed by atoms with E-state index in [4.69, 9.17) is 21.1 Å². The molecule has 0 heterocycles. The highest BCUT2D eigenvalue weighted by atomic mass is 35.5. The third-order valence-corrected chi connectivity index (χ3v) is 2.58. The van der Waals surface area contributed by atoms with Gasteiger partial charge in [0.15, 0.2) is 6.29 Å². The zero-order chi connectivity index (χ0) is 12.1. The lowest BCUT2D eigenvalue weighted by atomic mass is 10.1. The molecule has 3 nitrogen and oxygen atoms in total. The molecule has 0 bridgehead atoms. The summed E-state index contributed by atoms with van der Waals surface area (Å²) in [6.07, 6.45) is -1.48. The summed E-state index contributed by atoms with van der Waals surface area (Å²) in [7, 11) is 2.84. The minimum atomic E-state index is -0.894. The van der Waals surface area contributed by atoms with Crippen molar-refractivity contribution in [1.82, 2.24) is 0 Å². The van der Waals surface area contributed by atoms with Gasteiger partial charge in [-0.15, -0.1) is 0 Å². The van der Waals surface area contributed by atoms with Gasteiger partial charge < -0.3 is 14.6 Å². The Morgan fingerprint density at radius 1 is 1.38 bits per heavy atom. The molecule has 0 saturated heterocycles. The third kappa shape index (κ3) is 3.42. The van der Waals surface area contributed by atoms with Crippen molar-refractivity contribution in [3.05, 3.63) is 34.6 Å². The summed E-state index contributed by atoms with van der Waals surface area (Å²) in [6, 6.07) is 4.00. The van der Waals surface area contributed by atoms with E-state index in [2.05, 4.69) is 0 Å². The molecule has 0 aliphatic heterocycles. The third-order valence-electron chi connectivity index (χ3n) is 2.22. The topological polar surface area (TPSA) is 38.7 Å². The Hall–Kier alpha value is -0.680. The van der Waals surface area contributed by atoms with Gasteiger partial charge in [0.05, 0.1) is 0 Å². The van der Waals surface area contributed by atoms with Gasteiger partial charge in [0.2, 0.25) is 0 Å². The first-order valence-electron chi connectivity index (χ1n) is 4.76. The molecule has 1 unspecified atom stereocenters. The first kappa shape index (κ1) is 13.4. The molecule has 0 spiro atoms. The summed E-state index contributed by atoms with van der Waals surface area (Å²) in [5.41, 5.74) is 0.522. The normalized spacial score (nSPS) is 13.1. The van der Waals surface area contributed by atoms with Crippen molar-refractivity contribution in [2.24, 2.45) is 0 Å². The molecule has 1 N–H and O–H groups in total. The second kappa shape index (κ2) is 6.15. The lowest BCUT2D eigenvalue weighted by Gasteiger charge is -2.20. The largest absolute Gasteiger partial charge is 0.387 e. The van der Waals surface area contributed by atoms with E-state index in [1.165, 1.54) is 32.4 Å². The Bertz CT molecular complexity index is 342. The maximum Gasteiger partial charge on any atom is 0.183 e. The molecule has 0 aromatic heterocycles. The Balaban J connectivity index is 2.75. The average Bonchev–Trinajstić information content (AvgIpc) is 2.25. The predicted molar refractivity (Wildman–Crippen MR) is 58.9 cm³/mol. The molecule has 0 aliphatic rings. The van der Waals surface area contributed by atoms with Crippen molar-refractivity contribution >= 4 is 11.6 Å². The standard InChI is InChI=1S/C11H14ClFO3/c1-15-11(16-2)10(14)6-7-5-8(13)3-4-9(7)12/h3-5,10-11,14H,6H2,1-2H3. The van der Waals surface area contributed by atoms with E-state index in [0.29, 0.717) is 10.6 Å². The van der Waals surface area contributed by atoms with E-state index in [9.17, 15) is 9.50 Å². The fourth-order valence-electron chi connectivity index (χ4n) is 1.43. The van der Waals surface area contributed by atoms with Gasteiger partial charge in [-0.2, -0.15) is 0 Å². The number of methoxy groups -OCH3 is 2. The van der Waals surface area contributed by atoms with Gasteiger partial charge in [-0.05, 0) is 23.8 Å². The van der Waals surface area contributed by atoms with Crippen LogP contribution in [0, 0.1) is 5.82 Å². The second-order valence-corrected chi connectivity index (χ2v) is 3.75. The van der Waals surface area contributed by atoms with Crippen molar-refractivity contribution in [3.8, 4) is 0 Å². The van der Waals surface area contributed by atoms with Crippen molar-refractivity contribution in [2.45, 2.75) is 18.8 Å². The molecule has 16 heavy (non-hydrogen) atoms. The predicted octanol–water partition coefficient (Wildman–Crippen LogP) is 2.00. The number of rotatable bonds is 5. The molecule has 1 aromatic carbocycles. The molecule has 0 fully saturated rings. The van der Waals surface area contributed by atoms with Crippen molar-refractivity contribution in [1.29, 1.82) is 0 Å². The summed E-state index contributed by atoms with van der Waals surface area (Å²) in [4.78, 5) is 0. The second-order valence-electron chi connectivity index (χ2n) is 3.35. The van der Waals surface area contributed by atoms with Crippen molar-refractivity contribution in [3.63, 3.8) is 0 Å². The molecule has 1 aromatic rings. The van der Waals surface area contributed by atoms with Gasteiger partial charge in [-0.25, -0.2) is 4.39 Å². The summed E-state index contributed by atoms with van der Waals surface area (Å²) in [5, 5.41) is 10.2. The number of hydrogen-bond acceptors (Lipinski definition) is 3. The number of ether oxygens (including phenoxy) is 2. The van der Waals surface area contributed by atoms with Crippen molar-refractivity contribution < 1.29 is 19.0 Å². The fraction of sp³-hybridized carbons (Fsp3) is 0.455. The molecule has 5 heteroatoms. The van der Waals surface area contributed by atoms with Crippen LogP contribution in [0.3, 0.4) is 0 Å². The van der Waals surface area contributed by atoms with Crippen molar-refractivity contribution in [2.75, 3.05) is 14.2 Å². The number of aliphatic hydroxyl groups excluding tert-OH is 1. The minimum Gasteiger partial charge on any atom is -0.387 e. The maximum atomic E-state index is 13.0. The van der Waals surface area contributed by atoms with Crippen LogP contribution < -0.4 is 0 Å². The molecule has 90 valence electrons. The quantitative estimate of drug-likeness (QED) is 0.810. The van der Waals surface area contributed by atoms with Gasteiger partial charge in [-0.3, -0.25) is 0 Å². The lowest BCUT2D eigenvalue weighted by Crippen LogP contribution is -2.31. The van der Waals surface area contributed by atoms with Crippen LogP contribution in [0.2, 0.25) is 5.02 Å². The fourth-order valence-corrected chi connectivity index (χ4v) is 1.63. The highest BCUT2D eigenvalue weighted by molar-refractivity contribution is 6.31. The molecular weight excluding hydrogens is 235 g/mol. The summed E-state index contributed by atoms with van der Waals surface area (Å²) in [5.74, 6) is -0.391. The monoisotopic (exact) mass is 248 g/mol. The van der Waals surface area contributed by atoms with E-state index >= 15 is 0 Å². The van der Waals surface area contributed by atoms with Crippen LogP contribution in [0.1, 0.15) is 5.56 Å². The van der Waals surface area contributed by atoms with E-state index < -0.39 is 18.2 Å². The van der Waals surface area contributed by atoms with Crippen LogP contribution in [0.25, 0.3) is 0 Å². The van der Waals surface area contributed by atoms with Crippen LogP contribution >= 0.6 is 11.6 Å². The zero-order valence-electron chi connectivity index (χ0n) is 9.11. The van der Waals surface area contributed by atoms with Gasteiger partial charge in [0.25, 0.3) is 0 Å². The van der Waals surface area contributed by atoms with Crippen LogP contribution in [0.4, 0.5) is 4.39 Å². The molecule has 0 radical (unpaired) electrons. The first-order valence-corrected chi connectivity index (χ1v) is 5.14.